The van der Waals surface area contributed by atoms with Gasteiger partial charge in [-0.15, -0.1) is 0 Å². The molecule has 1 amide bonds. The first-order valence-corrected chi connectivity index (χ1v) is 9.23. The molecule has 2 aromatic heterocycles. The highest BCUT2D eigenvalue weighted by Crippen LogP contribution is 2.26. The lowest BCUT2D eigenvalue weighted by atomic mass is 10.1. The molecule has 156 valence electrons. The van der Waals surface area contributed by atoms with Gasteiger partial charge >= 0.3 is 6.18 Å². The molecule has 0 fully saturated rings. The summed E-state index contributed by atoms with van der Waals surface area (Å²) >= 11 is 0. The number of benzene rings is 1. The standard InChI is InChI=1S/C22H20F3N3O2/c1-16-6-2-3-8-18(16)14-28(13-17-7-4-10-26-12-17)20(29)15-27-11-5-9-19(21(27)30)22(23,24)25/h2-12H,13-15H2,1H3. The van der Waals surface area contributed by atoms with Gasteiger partial charge in [-0.1, -0.05) is 30.3 Å². The second-order valence-electron chi connectivity index (χ2n) is 6.89. The lowest BCUT2D eigenvalue weighted by molar-refractivity contribution is -0.139. The fraction of sp³-hybridized carbons (Fsp3) is 0.227. The van der Waals surface area contributed by atoms with Crippen LogP contribution in [0.25, 0.3) is 0 Å². The molecule has 0 spiro atoms. The van der Waals surface area contributed by atoms with Gasteiger partial charge in [-0.3, -0.25) is 14.6 Å². The monoisotopic (exact) mass is 415 g/mol. The topological polar surface area (TPSA) is 55.2 Å². The van der Waals surface area contributed by atoms with Crippen molar-refractivity contribution in [3.63, 3.8) is 0 Å². The number of amides is 1. The molecule has 0 aliphatic heterocycles. The van der Waals surface area contributed by atoms with Gasteiger partial charge in [0.05, 0.1) is 0 Å². The smallest absolute Gasteiger partial charge is 0.332 e. The molecular weight excluding hydrogens is 395 g/mol. The van der Waals surface area contributed by atoms with Crippen molar-refractivity contribution in [3.05, 3.63) is 99.7 Å². The predicted octanol–water partition coefficient (Wildman–Crippen LogP) is 3.80. The molecular formula is C22H20F3N3O2. The fourth-order valence-electron chi connectivity index (χ4n) is 3.06. The molecule has 0 aliphatic rings. The Bertz CT molecular complexity index is 1080. The van der Waals surface area contributed by atoms with E-state index in [1.807, 2.05) is 37.3 Å². The Morgan fingerprint density at radius 1 is 1.07 bits per heavy atom. The molecule has 0 atom stereocenters. The van der Waals surface area contributed by atoms with Crippen molar-refractivity contribution < 1.29 is 18.0 Å². The van der Waals surface area contributed by atoms with Gasteiger partial charge in [0.1, 0.15) is 12.1 Å². The van der Waals surface area contributed by atoms with Crippen molar-refractivity contribution in [2.75, 3.05) is 0 Å². The first-order valence-electron chi connectivity index (χ1n) is 9.23. The first kappa shape index (κ1) is 21.3. The Kier molecular flexibility index (Phi) is 6.34. The second-order valence-corrected chi connectivity index (χ2v) is 6.89. The number of aryl methyl sites for hydroxylation is 1. The summed E-state index contributed by atoms with van der Waals surface area (Å²) in [6.07, 6.45) is -0.362. The molecule has 0 saturated heterocycles. The Labute approximate surface area is 171 Å². The van der Waals surface area contributed by atoms with Crippen LogP contribution in [0.1, 0.15) is 22.3 Å². The third kappa shape index (κ3) is 5.14. The summed E-state index contributed by atoms with van der Waals surface area (Å²) in [6, 6.07) is 12.9. The number of rotatable bonds is 6. The molecule has 30 heavy (non-hydrogen) atoms. The Morgan fingerprint density at radius 3 is 2.50 bits per heavy atom. The van der Waals surface area contributed by atoms with Crippen LogP contribution in [-0.4, -0.2) is 20.4 Å². The van der Waals surface area contributed by atoms with E-state index in [1.165, 1.54) is 11.1 Å². The number of hydrogen-bond acceptors (Lipinski definition) is 3. The van der Waals surface area contributed by atoms with E-state index < -0.39 is 29.8 Å². The molecule has 2 heterocycles. The summed E-state index contributed by atoms with van der Waals surface area (Å²) in [5, 5.41) is 0. The predicted molar refractivity (Wildman–Crippen MR) is 105 cm³/mol. The number of carbonyl (C=O) groups excluding carboxylic acids is 1. The van der Waals surface area contributed by atoms with Crippen LogP contribution in [0.5, 0.6) is 0 Å². The molecule has 3 rings (SSSR count). The van der Waals surface area contributed by atoms with Gasteiger partial charge in [-0.2, -0.15) is 13.2 Å². The molecule has 5 nitrogen and oxygen atoms in total. The number of halogens is 3. The summed E-state index contributed by atoms with van der Waals surface area (Å²) in [7, 11) is 0. The van der Waals surface area contributed by atoms with Crippen molar-refractivity contribution in [1.29, 1.82) is 0 Å². The molecule has 0 saturated carbocycles. The van der Waals surface area contributed by atoms with Crippen LogP contribution in [0.15, 0.2) is 71.9 Å². The normalized spacial score (nSPS) is 11.3. The minimum atomic E-state index is -4.78. The molecule has 0 aliphatic carbocycles. The van der Waals surface area contributed by atoms with Gasteiger partial charge in [0.2, 0.25) is 5.91 Å². The summed E-state index contributed by atoms with van der Waals surface area (Å²) < 4.78 is 39.9. The van der Waals surface area contributed by atoms with Gasteiger partial charge < -0.3 is 9.47 Å². The van der Waals surface area contributed by atoms with Crippen molar-refractivity contribution >= 4 is 5.91 Å². The molecule has 0 radical (unpaired) electrons. The van der Waals surface area contributed by atoms with Crippen molar-refractivity contribution in [2.24, 2.45) is 0 Å². The minimum absolute atomic E-state index is 0.217. The van der Waals surface area contributed by atoms with Crippen LogP contribution >= 0.6 is 0 Å². The fourth-order valence-corrected chi connectivity index (χ4v) is 3.06. The Morgan fingerprint density at radius 2 is 1.83 bits per heavy atom. The third-order valence-corrected chi connectivity index (χ3v) is 4.70. The summed E-state index contributed by atoms with van der Waals surface area (Å²) in [4.78, 5) is 30.8. The number of pyridine rings is 2. The van der Waals surface area contributed by atoms with Gasteiger partial charge in [0.15, 0.2) is 0 Å². The van der Waals surface area contributed by atoms with Crippen LogP contribution in [0.2, 0.25) is 0 Å². The Balaban J connectivity index is 1.89. The largest absolute Gasteiger partial charge is 0.421 e. The van der Waals surface area contributed by atoms with Crippen molar-refractivity contribution in [3.8, 4) is 0 Å². The highest BCUT2D eigenvalue weighted by atomic mass is 19.4. The van der Waals surface area contributed by atoms with Crippen LogP contribution in [0, 0.1) is 6.92 Å². The van der Waals surface area contributed by atoms with Gasteiger partial charge in [0.25, 0.3) is 5.56 Å². The average Bonchev–Trinajstić information content (AvgIpc) is 2.70. The van der Waals surface area contributed by atoms with E-state index in [0.29, 0.717) is 6.07 Å². The van der Waals surface area contributed by atoms with E-state index in [1.54, 1.807) is 18.5 Å². The Hall–Kier alpha value is -3.42. The van der Waals surface area contributed by atoms with E-state index >= 15 is 0 Å². The highest BCUT2D eigenvalue weighted by Gasteiger charge is 2.34. The summed E-state index contributed by atoms with van der Waals surface area (Å²) in [5.74, 6) is -0.469. The summed E-state index contributed by atoms with van der Waals surface area (Å²) in [5.41, 5.74) is 0.130. The van der Waals surface area contributed by atoms with E-state index in [2.05, 4.69) is 4.98 Å². The minimum Gasteiger partial charge on any atom is -0.332 e. The van der Waals surface area contributed by atoms with Crippen LogP contribution < -0.4 is 5.56 Å². The van der Waals surface area contributed by atoms with Crippen LogP contribution in [0.3, 0.4) is 0 Å². The molecule has 8 heteroatoms. The zero-order valence-electron chi connectivity index (χ0n) is 16.3. The highest BCUT2D eigenvalue weighted by molar-refractivity contribution is 5.76. The third-order valence-electron chi connectivity index (χ3n) is 4.70. The summed E-state index contributed by atoms with van der Waals surface area (Å²) in [6.45, 7) is 1.90. The van der Waals surface area contributed by atoms with E-state index in [0.717, 1.165) is 27.3 Å². The van der Waals surface area contributed by atoms with E-state index in [-0.39, 0.29) is 13.1 Å². The number of nitrogens with zero attached hydrogens (tertiary/aromatic N) is 3. The average molecular weight is 415 g/mol. The van der Waals surface area contributed by atoms with Gasteiger partial charge in [-0.05, 0) is 41.8 Å². The quantitative estimate of drug-likeness (QED) is 0.616. The maximum atomic E-state index is 13.0. The SMILES string of the molecule is Cc1ccccc1CN(Cc1cccnc1)C(=O)Cn1cccc(C(F)(F)F)c1=O. The van der Waals surface area contributed by atoms with Gasteiger partial charge in [-0.25, -0.2) is 0 Å². The van der Waals surface area contributed by atoms with Crippen molar-refractivity contribution in [2.45, 2.75) is 32.7 Å². The number of carbonyl (C=O) groups is 1. The molecule has 0 N–H and O–H groups in total. The van der Waals surface area contributed by atoms with E-state index in [4.69, 9.17) is 0 Å². The maximum Gasteiger partial charge on any atom is 0.421 e. The van der Waals surface area contributed by atoms with Gasteiger partial charge in [0, 0.05) is 31.7 Å². The van der Waals surface area contributed by atoms with E-state index in [9.17, 15) is 22.8 Å². The maximum absolute atomic E-state index is 13.0. The molecule has 0 unspecified atom stereocenters. The lowest BCUT2D eigenvalue weighted by Gasteiger charge is -2.24. The number of aromatic nitrogens is 2. The molecule has 1 aromatic carbocycles. The van der Waals surface area contributed by atoms with Crippen molar-refractivity contribution in [1.82, 2.24) is 14.5 Å². The molecule has 3 aromatic rings. The zero-order chi connectivity index (χ0) is 21.7. The number of hydrogen-bond donors (Lipinski definition) is 0. The zero-order valence-corrected chi connectivity index (χ0v) is 16.3. The number of alkyl halides is 3. The van der Waals surface area contributed by atoms with Crippen LogP contribution in [0.4, 0.5) is 13.2 Å². The second kappa shape index (κ2) is 8.94. The first-order chi connectivity index (χ1) is 14.3. The van der Waals surface area contributed by atoms with Crippen LogP contribution in [-0.2, 0) is 30.6 Å². The molecule has 0 bridgehead atoms. The lowest BCUT2D eigenvalue weighted by Crippen LogP contribution is -2.37.